The van der Waals surface area contributed by atoms with Gasteiger partial charge in [0.1, 0.15) is 0 Å². The minimum atomic E-state index is -0.667. The average molecular weight is 287 g/mol. The maximum absolute atomic E-state index is 12.0. The Morgan fingerprint density at radius 1 is 1.05 bits per heavy atom. The molecule has 20 heavy (non-hydrogen) atoms. The van der Waals surface area contributed by atoms with Crippen molar-refractivity contribution in [1.82, 2.24) is 5.06 Å². The second-order valence-corrected chi connectivity index (χ2v) is 6.55. The van der Waals surface area contributed by atoms with Crippen molar-refractivity contribution in [2.45, 2.75) is 24.0 Å². The highest BCUT2D eigenvalue weighted by molar-refractivity contribution is 8.00. The molecule has 1 aliphatic heterocycles. The zero-order chi connectivity index (χ0) is 14.4. The highest BCUT2D eigenvalue weighted by Gasteiger charge is 2.32. The molecular formula is C15H13NO3S. The maximum Gasteiger partial charge on any atom is 0.285 e. The highest BCUT2D eigenvalue weighted by Crippen LogP contribution is 2.36. The van der Waals surface area contributed by atoms with Crippen LogP contribution in [0.3, 0.4) is 0 Å². The van der Waals surface area contributed by atoms with Crippen molar-refractivity contribution in [1.29, 1.82) is 0 Å². The van der Waals surface area contributed by atoms with Crippen LogP contribution in [0, 0.1) is 0 Å². The second-order valence-electron chi connectivity index (χ2n) is 4.93. The topological polar surface area (TPSA) is 57.6 Å². The smallest absolute Gasteiger partial charge is 0.278 e. The van der Waals surface area contributed by atoms with E-state index in [1.54, 1.807) is 30.0 Å². The van der Waals surface area contributed by atoms with Gasteiger partial charge in [0, 0.05) is 15.5 Å². The van der Waals surface area contributed by atoms with E-state index < -0.39 is 11.8 Å². The number of nitrogens with zero attached hydrogens (tertiary/aromatic N) is 1. The zero-order valence-electron chi connectivity index (χ0n) is 11.1. The molecule has 0 saturated carbocycles. The van der Waals surface area contributed by atoms with Crippen molar-refractivity contribution in [3.63, 3.8) is 0 Å². The third kappa shape index (κ3) is 1.82. The molecule has 0 aromatic heterocycles. The van der Waals surface area contributed by atoms with Gasteiger partial charge in [0.25, 0.3) is 11.8 Å². The van der Waals surface area contributed by atoms with E-state index in [0.717, 1.165) is 10.3 Å². The van der Waals surface area contributed by atoms with Crippen molar-refractivity contribution in [3.05, 3.63) is 41.5 Å². The Balaban J connectivity index is 2.35. The Morgan fingerprint density at radius 2 is 1.70 bits per heavy atom. The summed E-state index contributed by atoms with van der Waals surface area (Å²) in [5.74, 6) is -1.33. The van der Waals surface area contributed by atoms with Gasteiger partial charge in [-0.1, -0.05) is 26.0 Å². The minimum Gasteiger partial charge on any atom is -0.278 e. The molecule has 0 radical (unpaired) electrons. The standard InChI is InChI=1S/C15H13NO3S/c1-8(2)20-12-7-6-11-13-9(12)4-3-5-10(13)14(17)16(19)15(11)18/h3-8,19H,1-2H3. The number of hydroxylamine groups is 2. The van der Waals surface area contributed by atoms with Crippen LogP contribution in [0.1, 0.15) is 34.6 Å². The Hall–Kier alpha value is -1.85. The van der Waals surface area contributed by atoms with E-state index in [-0.39, 0.29) is 5.06 Å². The zero-order valence-corrected chi connectivity index (χ0v) is 11.9. The minimum absolute atomic E-state index is 0.187. The fourth-order valence-corrected chi connectivity index (χ4v) is 3.37. The SMILES string of the molecule is CC(C)Sc1ccc2c3c(cccc13)C(=O)N(O)C2=O. The van der Waals surface area contributed by atoms with Crippen LogP contribution >= 0.6 is 11.8 Å². The molecule has 0 unspecified atom stereocenters. The molecule has 1 heterocycles. The summed E-state index contributed by atoms with van der Waals surface area (Å²) < 4.78 is 0. The number of carbonyl (C=O) groups excluding carboxylic acids is 2. The first-order valence-corrected chi connectivity index (χ1v) is 7.18. The predicted octanol–water partition coefficient (Wildman–Crippen LogP) is 3.33. The monoisotopic (exact) mass is 287 g/mol. The van der Waals surface area contributed by atoms with Gasteiger partial charge in [-0.25, -0.2) is 0 Å². The first-order chi connectivity index (χ1) is 9.50. The largest absolute Gasteiger partial charge is 0.285 e. The summed E-state index contributed by atoms with van der Waals surface area (Å²) in [6.45, 7) is 4.18. The number of thioether (sulfide) groups is 1. The molecule has 0 bridgehead atoms. The molecular weight excluding hydrogens is 274 g/mol. The summed E-state index contributed by atoms with van der Waals surface area (Å²) in [5, 5.41) is 11.7. The van der Waals surface area contributed by atoms with E-state index >= 15 is 0 Å². The molecule has 0 fully saturated rings. The number of hydrogen-bond donors (Lipinski definition) is 1. The van der Waals surface area contributed by atoms with E-state index in [2.05, 4.69) is 13.8 Å². The van der Waals surface area contributed by atoms with Crippen LogP contribution in [0.2, 0.25) is 0 Å². The average Bonchev–Trinajstić information content (AvgIpc) is 2.43. The first-order valence-electron chi connectivity index (χ1n) is 6.30. The molecule has 0 spiro atoms. The van der Waals surface area contributed by atoms with Gasteiger partial charge in [-0.15, -0.1) is 16.8 Å². The van der Waals surface area contributed by atoms with Gasteiger partial charge in [-0.3, -0.25) is 14.8 Å². The van der Waals surface area contributed by atoms with Gasteiger partial charge in [0.15, 0.2) is 0 Å². The third-order valence-electron chi connectivity index (χ3n) is 3.21. The summed E-state index contributed by atoms with van der Waals surface area (Å²) in [4.78, 5) is 25.0. The van der Waals surface area contributed by atoms with Gasteiger partial charge >= 0.3 is 0 Å². The van der Waals surface area contributed by atoms with Crippen LogP contribution in [-0.4, -0.2) is 27.3 Å². The quantitative estimate of drug-likeness (QED) is 0.523. The number of imide groups is 1. The number of carbonyl (C=O) groups is 2. The van der Waals surface area contributed by atoms with Crippen molar-refractivity contribution in [2.75, 3.05) is 0 Å². The van der Waals surface area contributed by atoms with Crippen LogP contribution in [0.25, 0.3) is 10.8 Å². The van der Waals surface area contributed by atoms with Gasteiger partial charge < -0.3 is 0 Å². The lowest BCUT2D eigenvalue weighted by molar-refractivity contribution is -0.0377. The fraction of sp³-hybridized carbons (Fsp3) is 0.200. The summed E-state index contributed by atoms with van der Waals surface area (Å²) in [5.41, 5.74) is 0.733. The predicted molar refractivity (Wildman–Crippen MR) is 77.2 cm³/mol. The summed E-state index contributed by atoms with van der Waals surface area (Å²) >= 11 is 1.68. The fourth-order valence-electron chi connectivity index (χ4n) is 2.41. The lowest BCUT2D eigenvalue weighted by atomic mass is 9.95. The van der Waals surface area contributed by atoms with E-state index in [1.807, 2.05) is 12.1 Å². The Kier molecular flexibility index (Phi) is 3.03. The Bertz CT molecular complexity index is 717. The molecule has 0 atom stereocenters. The molecule has 0 aliphatic carbocycles. The molecule has 102 valence electrons. The van der Waals surface area contributed by atoms with Crippen molar-refractivity contribution >= 4 is 34.3 Å². The number of rotatable bonds is 2. The van der Waals surface area contributed by atoms with E-state index in [1.165, 1.54) is 0 Å². The molecule has 2 amide bonds. The Morgan fingerprint density at radius 3 is 2.35 bits per heavy atom. The first kappa shape index (κ1) is 13.1. The number of benzene rings is 2. The van der Waals surface area contributed by atoms with Crippen molar-refractivity contribution in [3.8, 4) is 0 Å². The van der Waals surface area contributed by atoms with Crippen molar-refractivity contribution in [2.24, 2.45) is 0 Å². The van der Waals surface area contributed by atoms with Crippen molar-refractivity contribution < 1.29 is 14.8 Å². The maximum atomic E-state index is 12.0. The Labute approximate surface area is 120 Å². The lowest BCUT2D eigenvalue weighted by Crippen LogP contribution is -2.37. The molecule has 1 aliphatic rings. The molecule has 2 aromatic rings. The van der Waals surface area contributed by atoms with Crippen LogP contribution in [-0.2, 0) is 0 Å². The van der Waals surface area contributed by atoms with Gasteiger partial charge in [0.05, 0.1) is 11.1 Å². The molecule has 5 heteroatoms. The van der Waals surface area contributed by atoms with E-state index in [4.69, 9.17) is 0 Å². The third-order valence-corrected chi connectivity index (χ3v) is 4.29. The van der Waals surface area contributed by atoms with Gasteiger partial charge in [0.2, 0.25) is 0 Å². The summed E-state index contributed by atoms with van der Waals surface area (Å²) in [6, 6.07) is 8.85. The molecule has 2 aromatic carbocycles. The molecule has 3 rings (SSSR count). The van der Waals surface area contributed by atoms with Gasteiger partial charge in [-0.2, -0.15) is 0 Å². The normalized spacial score (nSPS) is 14.5. The molecule has 0 saturated heterocycles. The van der Waals surface area contributed by atoms with Crippen LogP contribution in [0.5, 0.6) is 0 Å². The summed E-state index contributed by atoms with van der Waals surface area (Å²) in [6.07, 6.45) is 0. The number of amides is 2. The lowest BCUT2D eigenvalue weighted by Gasteiger charge is -2.23. The second kappa shape index (κ2) is 4.61. The van der Waals surface area contributed by atoms with E-state index in [0.29, 0.717) is 21.8 Å². The van der Waals surface area contributed by atoms with Crippen LogP contribution < -0.4 is 0 Å². The molecule has 1 N–H and O–H groups in total. The highest BCUT2D eigenvalue weighted by atomic mass is 32.2. The van der Waals surface area contributed by atoms with Gasteiger partial charge in [-0.05, 0) is 23.6 Å². The number of hydrogen-bond acceptors (Lipinski definition) is 4. The molecule has 4 nitrogen and oxygen atoms in total. The van der Waals surface area contributed by atoms with Crippen LogP contribution in [0.15, 0.2) is 35.2 Å². The van der Waals surface area contributed by atoms with Crippen LogP contribution in [0.4, 0.5) is 0 Å². The summed E-state index contributed by atoms with van der Waals surface area (Å²) in [7, 11) is 0. The van der Waals surface area contributed by atoms with E-state index in [9.17, 15) is 14.8 Å².